The number of carbonyl (C=O) groups is 6. The van der Waals surface area contributed by atoms with Crippen molar-refractivity contribution in [2.45, 2.75) is 84.5 Å². The van der Waals surface area contributed by atoms with E-state index in [1.165, 1.54) is 4.90 Å². The monoisotopic (exact) mass is 627 g/mol. The van der Waals surface area contributed by atoms with Gasteiger partial charge in [0.05, 0.1) is 12.6 Å². The molecule has 45 heavy (non-hydrogen) atoms. The number of rotatable bonds is 13. The number of hydrogen-bond acceptors (Lipinski definition) is 6. The highest BCUT2D eigenvalue weighted by molar-refractivity contribution is 6.38. The van der Waals surface area contributed by atoms with Gasteiger partial charge in [-0.25, -0.2) is 0 Å². The number of ketones is 1. The third-order valence-electron chi connectivity index (χ3n) is 8.86. The molecule has 1 aromatic carbocycles. The van der Waals surface area contributed by atoms with Crippen LogP contribution in [0.3, 0.4) is 0 Å². The fourth-order valence-electron chi connectivity index (χ4n) is 5.41. The normalized spacial score (nSPS) is 20.2. The van der Waals surface area contributed by atoms with Gasteiger partial charge in [-0.15, -0.1) is 0 Å². The van der Waals surface area contributed by atoms with E-state index < -0.39 is 59.6 Å². The van der Waals surface area contributed by atoms with Crippen LogP contribution in [-0.4, -0.2) is 90.4 Å². The quantitative estimate of drug-likeness (QED) is 0.231. The van der Waals surface area contributed by atoms with Crippen molar-refractivity contribution >= 4 is 35.3 Å². The first-order chi connectivity index (χ1) is 21.0. The van der Waals surface area contributed by atoms with Crippen molar-refractivity contribution in [3.63, 3.8) is 0 Å². The van der Waals surface area contributed by atoms with Crippen LogP contribution in [0.25, 0.3) is 0 Å². The standard InChI is InChI=1S/C33H50N6O6/c1-19(2)22-16-24(39(18-22)32(45)28(34)33(3,4)5)29(42)36-23(15-20-13-14-20)27(41)30(43)35-17-25(40)37-26(31(44)38(6)7)21-11-9-8-10-12-21/h8-12,19-20,22-24,26,28H,13-18,34H2,1-7H3,(H,35,43)(H,36,42)(H,37,40)/p+1/t22-,23?,24?,26+,28?/m1/s1. The van der Waals surface area contributed by atoms with Crippen LogP contribution in [0.15, 0.2) is 30.3 Å². The van der Waals surface area contributed by atoms with Gasteiger partial charge >= 0.3 is 0 Å². The molecule has 1 saturated heterocycles. The smallest absolute Gasteiger partial charge is 0.290 e. The van der Waals surface area contributed by atoms with Crippen molar-refractivity contribution in [2.24, 2.45) is 23.2 Å². The third-order valence-corrected chi connectivity index (χ3v) is 8.86. The number of Topliss-reactive ketones (excluding diaryl/α,β-unsaturated/α-hetero) is 1. The second kappa shape index (κ2) is 15.0. The molecule has 248 valence electrons. The number of hydrogen-bond donors (Lipinski definition) is 4. The highest BCUT2D eigenvalue weighted by atomic mass is 16.2. The Morgan fingerprint density at radius 2 is 1.62 bits per heavy atom. The van der Waals surface area contributed by atoms with E-state index in [1.807, 2.05) is 20.8 Å². The molecule has 6 N–H and O–H groups in total. The minimum Gasteiger partial charge on any atom is -0.347 e. The molecule has 1 aromatic rings. The SMILES string of the molecule is CC(C)[C@@H]1CC(C(=O)NC(CC2CC2)C(=O)C(=O)NCC(=O)N[C@H](C(=O)N(C)C)c2ccccc2)N(C(=O)C([NH3+])C(C)(C)C)C1. The van der Waals surface area contributed by atoms with E-state index in [-0.39, 0.29) is 29.6 Å². The van der Waals surface area contributed by atoms with Gasteiger partial charge in [0.2, 0.25) is 23.5 Å². The second-order valence-corrected chi connectivity index (χ2v) is 14.1. The molecule has 5 amide bonds. The van der Waals surface area contributed by atoms with E-state index in [1.54, 1.807) is 49.3 Å². The van der Waals surface area contributed by atoms with Crippen molar-refractivity contribution in [1.29, 1.82) is 0 Å². The molecule has 12 nitrogen and oxygen atoms in total. The van der Waals surface area contributed by atoms with Crippen LogP contribution in [0, 0.1) is 23.2 Å². The van der Waals surface area contributed by atoms with Gasteiger partial charge in [0.25, 0.3) is 11.8 Å². The highest BCUT2D eigenvalue weighted by Crippen LogP contribution is 2.35. The molecule has 2 aliphatic rings. The fourth-order valence-corrected chi connectivity index (χ4v) is 5.41. The van der Waals surface area contributed by atoms with Crippen LogP contribution < -0.4 is 21.7 Å². The fraction of sp³-hybridized carbons (Fsp3) is 0.636. The van der Waals surface area contributed by atoms with Crippen LogP contribution in [0.5, 0.6) is 0 Å². The van der Waals surface area contributed by atoms with E-state index in [0.29, 0.717) is 24.9 Å². The predicted molar refractivity (Wildman–Crippen MR) is 168 cm³/mol. The van der Waals surface area contributed by atoms with Crippen LogP contribution in [0.2, 0.25) is 0 Å². The molecule has 1 heterocycles. The van der Waals surface area contributed by atoms with Gasteiger partial charge in [0.1, 0.15) is 12.1 Å². The first-order valence-corrected chi connectivity index (χ1v) is 15.8. The summed E-state index contributed by atoms with van der Waals surface area (Å²) in [6.45, 7) is 9.79. The molecule has 0 bridgehead atoms. The van der Waals surface area contributed by atoms with Gasteiger partial charge in [0, 0.05) is 26.1 Å². The Morgan fingerprint density at radius 1 is 1.00 bits per heavy atom. The van der Waals surface area contributed by atoms with E-state index in [4.69, 9.17) is 0 Å². The van der Waals surface area contributed by atoms with Crippen molar-refractivity contribution in [2.75, 3.05) is 27.2 Å². The average molecular weight is 628 g/mol. The van der Waals surface area contributed by atoms with Gasteiger partial charge in [0.15, 0.2) is 6.04 Å². The number of amides is 5. The molecule has 3 unspecified atom stereocenters. The lowest BCUT2D eigenvalue weighted by molar-refractivity contribution is -0.428. The second-order valence-electron chi connectivity index (χ2n) is 14.1. The molecule has 2 fully saturated rings. The van der Waals surface area contributed by atoms with E-state index in [0.717, 1.165) is 12.8 Å². The summed E-state index contributed by atoms with van der Waals surface area (Å²) in [7, 11) is 3.15. The molecule has 5 atom stereocenters. The van der Waals surface area contributed by atoms with Crippen LogP contribution in [-0.2, 0) is 28.8 Å². The van der Waals surface area contributed by atoms with Gasteiger partial charge in [-0.3, -0.25) is 28.8 Å². The Kier molecular flexibility index (Phi) is 11.9. The van der Waals surface area contributed by atoms with Gasteiger partial charge in [-0.05, 0) is 36.2 Å². The number of carbonyl (C=O) groups excluding carboxylic acids is 6. The lowest BCUT2D eigenvalue weighted by atomic mass is 9.86. The number of benzene rings is 1. The number of quaternary nitrogens is 1. The van der Waals surface area contributed by atoms with E-state index in [2.05, 4.69) is 35.5 Å². The summed E-state index contributed by atoms with van der Waals surface area (Å²) in [6.07, 6.45) is 2.54. The number of nitrogens with one attached hydrogen (secondary N) is 3. The Balaban J connectivity index is 1.68. The van der Waals surface area contributed by atoms with Gasteiger partial charge < -0.3 is 31.5 Å². The molecular formula is C33H51N6O6+. The van der Waals surface area contributed by atoms with Crippen molar-refractivity contribution in [1.82, 2.24) is 25.8 Å². The largest absolute Gasteiger partial charge is 0.347 e. The van der Waals surface area contributed by atoms with Gasteiger partial charge in [-0.1, -0.05) is 77.8 Å². The number of likely N-dealkylation sites (N-methyl/N-ethyl adjacent to an activating group) is 1. The molecule has 1 aliphatic heterocycles. The molecular weight excluding hydrogens is 576 g/mol. The van der Waals surface area contributed by atoms with E-state index in [9.17, 15) is 28.8 Å². The molecule has 12 heteroatoms. The third kappa shape index (κ3) is 9.59. The summed E-state index contributed by atoms with van der Waals surface area (Å²) < 4.78 is 0. The van der Waals surface area contributed by atoms with Crippen molar-refractivity contribution in [3.05, 3.63) is 35.9 Å². The molecule has 0 spiro atoms. The Morgan fingerprint density at radius 3 is 2.16 bits per heavy atom. The molecule has 0 aromatic heterocycles. The van der Waals surface area contributed by atoms with Crippen LogP contribution in [0.4, 0.5) is 0 Å². The summed E-state index contributed by atoms with van der Waals surface area (Å²) in [4.78, 5) is 81.9. The van der Waals surface area contributed by atoms with Crippen LogP contribution in [0.1, 0.15) is 71.9 Å². The maximum Gasteiger partial charge on any atom is 0.290 e. The zero-order chi connectivity index (χ0) is 33.6. The molecule has 1 saturated carbocycles. The molecule has 0 radical (unpaired) electrons. The lowest BCUT2D eigenvalue weighted by Crippen LogP contribution is -2.73. The average Bonchev–Trinajstić information content (AvgIpc) is 3.69. The summed E-state index contributed by atoms with van der Waals surface area (Å²) >= 11 is 0. The zero-order valence-electron chi connectivity index (χ0n) is 27.7. The van der Waals surface area contributed by atoms with Crippen molar-refractivity contribution in [3.8, 4) is 0 Å². The first-order valence-electron chi connectivity index (χ1n) is 15.8. The van der Waals surface area contributed by atoms with Crippen LogP contribution >= 0.6 is 0 Å². The van der Waals surface area contributed by atoms with Crippen molar-refractivity contribution < 1.29 is 34.5 Å². The Bertz CT molecular complexity index is 1260. The maximum atomic E-state index is 13.7. The van der Waals surface area contributed by atoms with Gasteiger partial charge in [-0.2, -0.15) is 0 Å². The minimum atomic E-state index is -1.09. The summed E-state index contributed by atoms with van der Waals surface area (Å²) in [6, 6.07) is 5.32. The molecule has 3 rings (SSSR count). The summed E-state index contributed by atoms with van der Waals surface area (Å²) in [5, 5.41) is 7.77. The topological polar surface area (TPSA) is 173 Å². The zero-order valence-corrected chi connectivity index (χ0v) is 27.7. The molecule has 1 aliphatic carbocycles. The maximum absolute atomic E-state index is 13.7. The predicted octanol–water partition coefficient (Wildman–Crippen LogP) is 0.432. The first kappa shape index (κ1) is 35.7. The number of likely N-dealkylation sites (tertiary alicyclic amines) is 1. The lowest BCUT2D eigenvalue weighted by Gasteiger charge is -2.31. The summed E-state index contributed by atoms with van der Waals surface area (Å²) in [5.41, 5.74) is 4.26. The minimum absolute atomic E-state index is 0.107. The summed E-state index contributed by atoms with van der Waals surface area (Å²) in [5.74, 6) is -2.98. The number of nitrogens with zero attached hydrogens (tertiary/aromatic N) is 2. The Labute approximate surface area is 266 Å². The Hall–Kier alpha value is -3.80. The van der Waals surface area contributed by atoms with E-state index >= 15 is 0 Å². The highest BCUT2D eigenvalue weighted by Gasteiger charge is 2.46.